The van der Waals surface area contributed by atoms with Crippen molar-refractivity contribution in [2.45, 2.75) is 13.3 Å². The first-order valence-electron chi connectivity index (χ1n) is 5.57. The van der Waals surface area contributed by atoms with E-state index in [1.807, 2.05) is 0 Å². The summed E-state index contributed by atoms with van der Waals surface area (Å²) in [4.78, 5) is 27.9. The van der Waals surface area contributed by atoms with Crippen LogP contribution in [0.25, 0.3) is 0 Å². The van der Waals surface area contributed by atoms with Crippen LogP contribution >= 0.6 is 0 Å². The van der Waals surface area contributed by atoms with Crippen LogP contribution in [0.2, 0.25) is 0 Å². The maximum atomic E-state index is 13.4. The first kappa shape index (κ1) is 12.5. The van der Waals surface area contributed by atoms with Gasteiger partial charge in [0.15, 0.2) is 0 Å². The van der Waals surface area contributed by atoms with E-state index < -0.39 is 23.2 Å². The maximum Gasteiger partial charge on any atom is 0.311 e. The number of carboxylic acid groups (broad SMARTS) is 1. The van der Waals surface area contributed by atoms with Gasteiger partial charge in [0.2, 0.25) is 5.95 Å². The number of hydrogen-bond donors (Lipinski definition) is 1. The van der Waals surface area contributed by atoms with Crippen molar-refractivity contribution in [1.82, 2.24) is 9.88 Å². The zero-order valence-corrected chi connectivity index (χ0v) is 9.89. The third kappa shape index (κ3) is 2.05. The first-order chi connectivity index (χ1) is 8.44. The molecule has 0 radical (unpaired) electrons. The predicted octanol–water partition coefficient (Wildman–Crippen LogP) is 1.16. The Hall–Kier alpha value is -1.98. The lowest BCUT2D eigenvalue weighted by Gasteiger charge is -2.20. The third-order valence-corrected chi connectivity index (χ3v) is 3.27. The molecule has 1 aliphatic rings. The molecule has 1 unspecified atom stereocenters. The number of pyridine rings is 1. The van der Waals surface area contributed by atoms with E-state index in [2.05, 4.69) is 4.98 Å². The number of carboxylic acids is 1. The lowest BCUT2D eigenvalue weighted by molar-refractivity contribution is -0.147. The number of rotatable bonds is 2. The van der Waals surface area contributed by atoms with Crippen LogP contribution in [0.15, 0.2) is 18.3 Å². The molecule has 1 atom stereocenters. The molecule has 0 bridgehead atoms. The van der Waals surface area contributed by atoms with Gasteiger partial charge in [0.05, 0.1) is 11.0 Å². The van der Waals surface area contributed by atoms with Gasteiger partial charge in [-0.1, -0.05) is 0 Å². The Morgan fingerprint density at radius 3 is 2.83 bits per heavy atom. The first-order valence-corrected chi connectivity index (χ1v) is 5.57. The summed E-state index contributed by atoms with van der Waals surface area (Å²) < 4.78 is 13.4. The SMILES string of the molecule is CC1(C(=O)O)CCN(C(=O)c2cccnc2F)C1. The molecule has 0 saturated carbocycles. The Labute approximate surface area is 103 Å². The van der Waals surface area contributed by atoms with Gasteiger partial charge in [0.1, 0.15) is 0 Å². The molecule has 5 nitrogen and oxygen atoms in total. The number of aliphatic carboxylic acids is 1. The molecule has 0 spiro atoms. The van der Waals surface area contributed by atoms with Crippen LogP contribution in [0.5, 0.6) is 0 Å². The van der Waals surface area contributed by atoms with Gasteiger partial charge in [-0.2, -0.15) is 4.39 Å². The van der Waals surface area contributed by atoms with Gasteiger partial charge in [0.25, 0.3) is 5.91 Å². The average molecular weight is 252 g/mol. The highest BCUT2D eigenvalue weighted by Crippen LogP contribution is 2.31. The van der Waals surface area contributed by atoms with E-state index in [0.29, 0.717) is 13.0 Å². The van der Waals surface area contributed by atoms with Crippen molar-refractivity contribution in [2.24, 2.45) is 5.41 Å². The van der Waals surface area contributed by atoms with Crippen LogP contribution in [-0.2, 0) is 4.79 Å². The summed E-state index contributed by atoms with van der Waals surface area (Å²) in [6, 6.07) is 2.82. The van der Waals surface area contributed by atoms with Gasteiger partial charge in [-0.25, -0.2) is 4.98 Å². The normalized spacial score (nSPS) is 23.1. The molecule has 1 aliphatic heterocycles. The molecule has 0 aliphatic carbocycles. The minimum Gasteiger partial charge on any atom is -0.481 e. The van der Waals surface area contributed by atoms with Gasteiger partial charge in [0, 0.05) is 19.3 Å². The highest BCUT2D eigenvalue weighted by Gasteiger charge is 2.42. The average Bonchev–Trinajstić information content (AvgIpc) is 2.73. The summed E-state index contributed by atoms with van der Waals surface area (Å²) in [5.74, 6) is -2.28. The van der Waals surface area contributed by atoms with E-state index in [-0.39, 0.29) is 12.1 Å². The van der Waals surface area contributed by atoms with Crippen LogP contribution in [0.4, 0.5) is 4.39 Å². The second-order valence-electron chi connectivity index (χ2n) is 4.68. The van der Waals surface area contributed by atoms with Crippen LogP contribution in [0, 0.1) is 11.4 Å². The topological polar surface area (TPSA) is 70.5 Å². The fraction of sp³-hybridized carbons (Fsp3) is 0.417. The van der Waals surface area contributed by atoms with Crippen molar-refractivity contribution in [1.29, 1.82) is 0 Å². The van der Waals surface area contributed by atoms with Crippen LogP contribution < -0.4 is 0 Å². The number of aromatic nitrogens is 1. The van der Waals surface area contributed by atoms with Crippen molar-refractivity contribution < 1.29 is 19.1 Å². The fourth-order valence-electron chi connectivity index (χ4n) is 2.02. The summed E-state index contributed by atoms with van der Waals surface area (Å²) in [6.07, 6.45) is 1.63. The summed E-state index contributed by atoms with van der Waals surface area (Å²) in [7, 11) is 0. The summed E-state index contributed by atoms with van der Waals surface area (Å²) in [5, 5.41) is 9.07. The van der Waals surface area contributed by atoms with Crippen molar-refractivity contribution in [3.8, 4) is 0 Å². The molecule has 1 fully saturated rings. The van der Waals surface area contributed by atoms with E-state index >= 15 is 0 Å². The van der Waals surface area contributed by atoms with Gasteiger partial charge in [-0.15, -0.1) is 0 Å². The number of halogens is 1. The standard InChI is InChI=1S/C12H13FN2O3/c1-12(11(17)18)4-6-15(7-12)10(16)8-3-2-5-14-9(8)13/h2-3,5H,4,6-7H2,1H3,(H,17,18). The van der Waals surface area contributed by atoms with E-state index in [1.54, 1.807) is 6.92 Å². The van der Waals surface area contributed by atoms with Gasteiger partial charge in [-0.3, -0.25) is 9.59 Å². The lowest BCUT2D eigenvalue weighted by Crippen LogP contribution is -2.35. The molecular formula is C12H13FN2O3. The Morgan fingerprint density at radius 2 is 2.28 bits per heavy atom. The lowest BCUT2D eigenvalue weighted by atomic mass is 9.90. The third-order valence-electron chi connectivity index (χ3n) is 3.27. The molecule has 6 heteroatoms. The number of nitrogens with zero attached hydrogens (tertiary/aromatic N) is 2. The van der Waals surface area contributed by atoms with Crippen molar-refractivity contribution >= 4 is 11.9 Å². The monoisotopic (exact) mass is 252 g/mol. The molecule has 1 N–H and O–H groups in total. The molecule has 0 aromatic carbocycles. The summed E-state index contributed by atoms with van der Waals surface area (Å²) in [5.41, 5.74) is -1.07. The molecule has 18 heavy (non-hydrogen) atoms. The minimum absolute atomic E-state index is 0.0928. The molecule has 2 heterocycles. The van der Waals surface area contributed by atoms with E-state index in [1.165, 1.54) is 23.2 Å². The minimum atomic E-state index is -0.950. The summed E-state index contributed by atoms with van der Waals surface area (Å²) in [6.45, 7) is 1.99. The second kappa shape index (κ2) is 4.36. The number of likely N-dealkylation sites (tertiary alicyclic amines) is 1. The van der Waals surface area contributed by atoms with Crippen LogP contribution in [0.3, 0.4) is 0 Å². The quantitative estimate of drug-likeness (QED) is 0.802. The molecule has 1 saturated heterocycles. The Kier molecular flexibility index (Phi) is 3.02. The second-order valence-corrected chi connectivity index (χ2v) is 4.68. The molecule has 1 amide bonds. The largest absolute Gasteiger partial charge is 0.481 e. The van der Waals surface area contributed by atoms with Gasteiger partial charge < -0.3 is 10.0 Å². The van der Waals surface area contributed by atoms with E-state index in [9.17, 15) is 14.0 Å². The smallest absolute Gasteiger partial charge is 0.311 e. The van der Waals surface area contributed by atoms with Crippen LogP contribution in [0.1, 0.15) is 23.7 Å². The molecule has 1 aromatic rings. The highest BCUT2D eigenvalue weighted by atomic mass is 19.1. The summed E-state index contributed by atoms with van der Waals surface area (Å²) >= 11 is 0. The zero-order chi connectivity index (χ0) is 13.3. The van der Waals surface area contributed by atoms with E-state index in [4.69, 9.17) is 5.11 Å². The van der Waals surface area contributed by atoms with Crippen molar-refractivity contribution in [3.05, 3.63) is 29.8 Å². The number of hydrogen-bond acceptors (Lipinski definition) is 3. The van der Waals surface area contributed by atoms with Crippen molar-refractivity contribution in [2.75, 3.05) is 13.1 Å². The number of carbonyl (C=O) groups is 2. The number of carbonyl (C=O) groups excluding carboxylic acids is 1. The molecule has 1 aromatic heterocycles. The Morgan fingerprint density at radius 1 is 1.56 bits per heavy atom. The fourth-order valence-corrected chi connectivity index (χ4v) is 2.02. The van der Waals surface area contributed by atoms with Crippen LogP contribution in [-0.4, -0.2) is 40.0 Å². The van der Waals surface area contributed by atoms with E-state index in [0.717, 1.165) is 0 Å². The van der Waals surface area contributed by atoms with Gasteiger partial charge in [-0.05, 0) is 25.5 Å². The number of amides is 1. The molecular weight excluding hydrogens is 239 g/mol. The maximum absolute atomic E-state index is 13.4. The molecule has 2 rings (SSSR count). The van der Waals surface area contributed by atoms with Crippen molar-refractivity contribution in [3.63, 3.8) is 0 Å². The Bertz CT molecular complexity index is 506. The zero-order valence-electron chi connectivity index (χ0n) is 9.89. The highest BCUT2D eigenvalue weighted by molar-refractivity contribution is 5.95. The van der Waals surface area contributed by atoms with Gasteiger partial charge >= 0.3 is 5.97 Å². The predicted molar refractivity (Wildman–Crippen MR) is 60.5 cm³/mol. The molecule has 96 valence electrons. The Balaban J connectivity index is 2.18.